The Hall–Kier alpha value is -1.00. The molecule has 0 aromatic rings. The van der Waals surface area contributed by atoms with Crippen molar-refractivity contribution in [2.24, 2.45) is 0 Å². The van der Waals surface area contributed by atoms with E-state index < -0.39 is 0 Å². The van der Waals surface area contributed by atoms with Gasteiger partial charge in [-0.05, 0) is 0 Å². The molecule has 0 heterocycles. The molecule has 0 aromatic heterocycles. The summed E-state index contributed by atoms with van der Waals surface area (Å²) in [5, 5.41) is 5.99. The van der Waals surface area contributed by atoms with Crippen molar-refractivity contribution >= 4 is 11.6 Å². The van der Waals surface area contributed by atoms with Crippen LogP contribution in [-0.4, -0.2) is 37.7 Å². The zero-order chi connectivity index (χ0) is 11.5. The van der Waals surface area contributed by atoms with E-state index in [1.807, 2.05) is 6.92 Å². The fourth-order valence-corrected chi connectivity index (χ4v) is 0.991. The van der Waals surface area contributed by atoms with Crippen LogP contribution in [0, 0.1) is 0 Å². The molecule has 0 saturated carbocycles. The summed E-state index contributed by atoms with van der Waals surface area (Å²) in [7, 11) is 0. The molecule has 0 aromatic carbocycles. The summed E-state index contributed by atoms with van der Waals surface area (Å²) < 4.78 is 0. The van der Waals surface area contributed by atoms with Crippen LogP contribution in [0.2, 0.25) is 0 Å². The molecule has 0 aliphatic rings. The number of ketones is 2. The van der Waals surface area contributed by atoms with E-state index in [0.29, 0.717) is 39.0 Å². The first-order valence-electron chi connectivity index (χ1n) is 5.26. The molecule has 4 heteroatoms. The smallest absolute Gasteiger partial charge is 0.150 e. The number of Topliss-reactive ketones (excluding diaryl/α,β-unsaturated/α-hetero) is 2. The minimum absolute atomic E-state index is 0.134. The molecule has 2 N–H and O–H groups in total. The first kappa shape index (κ1) is 14.0. The number of rotatable bonds is 10. The van der Waals surface area contributed by atoms with Crippen molar-refractivity contribution in [1.82, 2.24) is 10.6 Å². The lowest BCUT2D eigenvalue weighted by atomic mass is 10.3. The van der Waals surface area contributed by atoms with Gasteiger partial charge in [0.05, 0.1) is 13.1 Å². The Morgan fingerprint density at radius 2 is 1.67 bits per heavy atom. The molecule has 0 rings (SSSR count). The molecule has 0 atom stereocenters. The van der Waals surface area contributed by atoms with Crippen LogP contribution in [0.5, 0.6) is 0 Å². The van der Waals surface area contributed by atoms with Crippen LogP contribution >= 0.6 is 0 Å². The Kier molecular flexibility index (Phi) is 8.91. The number of allylic oxidation sites excluding steroid dienone is 1. The molecule has 0 radical (unpaired) electrons. The zero-order valence-electron chi connectivity index (χ0n) is 9.34. The van der Waals surface area contributed by atoms with E-state index in [0.717, 1.165) is 0 Å². The number of carbonyl (C=O) groups excluding carboxylic acids is 2. The quantitative estimate of drug-likeness (QED) is 0.404. The highest BCUT2D eigenvalue weighted by molar-refractivity contribution is 5.81. The minimum atomic E-state index is 0.134. The van der Waals surface area contributed by atoms with Crippen LogP contribution in [0.1, 0.15) is 19.8 Å². The van der Waals surface area contributed by atoms with E-state index in [1.54, 1.807) is 6.08 Å². The molecule has 0 aliphatic carbocycles. The maximum Gasteiger partial charge on any atom is 0.150 e. The van der Waals surface area contributed by atoms with E-state index in [2.05, 4.69) is 17.2 Å². The second kappa shape index (κ2) is 9.55. The van der Waals surface area contributed by atoms with Gasteiger partial charge in [0.15, 0.2) is 0 Å². The SMILES string of the molecule is C=CCC(=O)CNCCNCC(=O)CC. The summed E-state index contributed by atoms with van der Waals surface area (Å²) in [4.78, 5) is 21.9. The van der Waals surface area contributed by atoms with Gasteiger partial charge in [0.2, 0.25) is 0 Å². The number of hydrogen-bond donors (Lipinski definition) is 2. The molecule has 0 aliphatic heterocycles. The highest BCUT2D eigenvalue weighted by Crippen LogP contribution is 1.80. The summed E-state index contributed by atoms with van der Waals surface area (Å²) in [6.45, 7) is 7.51. The summed E-state index contributed by atoms with van der Waals surface area (Å²) in [6, 6.07) is 0. The van der Waals surface area contributed by atoms with E-state index >= 15 is 0 Å². The maximum atomic E-state index is 11.0. The van der Waals surface area contributed by atoms with Crippen LogP contribution in [0.4, 0.5) is 0 Å². The third kappa shape index (κ3) is 9.31. The monoisotopic (exact) mass is 212 g/mol. The second-order valence-electron chi connectivity index (χ2n) is 3.28. The lowest BCUT2D eigenvalue weighted by Crippen LogP contribution is -2.33. The summed E-state index contributed by atoms with van der Waals surface area (Å²) in [5.74, 6) is 0.340. The summed E-state index contributed by atoms with van der Waals surface area (Å²) in [5.41, 5.74) is 0. The third-order valence-electron chi connectivity index (χ3n) is 1.89. The van der Waals surface area contributed by atoms with Gasteiger partial charge in [0.1, 0.15) is 11.6 Å². The van der Waals surface area contributed by atoms with Gasteiger partial charge in [-0.15, -0.1) is 6.58 Å². The Morgan fingerprint density at radius 1 is 1.13 bits per heavy atom. The molecule has 4 nitrogen and oxygen atoms in total. The first-order valence-corrected chi connectivity index (χ1v) is 5.26. The summed E-state index contributed by atoms with van der Waals surface area (Å²) >= 11 is 0. The van der Waals surface area contributed by atoms with E-state index in [4.69, 9.17) is 0 Å². The minimum Gasteiger partial charge on any atom is -0.309 e. The van der Waals surface area contributed by atoms with Crippen LogP contribution in [0.15, 0.2) is 12.7 Å². The van der Waals surface area contributed by atoms with Crippen molar-refractivity contribution in [3.8, 4) is 0 Å². The topological polar surface area (TPSA) is 58.2 Å². The first-order chi connectivity index (χ1) is 7.20. The van der Waals surface area contributed by atoms with Crippen molar-refractivity contribution in [1.29, 1.82) is 0 Å². The fourth-order valence-electron chi connectivity index (χ4n) is 0.991. The van der Waals surface area contributed by atoms with Gasteiger partial charge in [-0.3, -0.25) is 9.59 Å². The molecule has 0 unspecified atom stereocenters. The van der Waals surface area contributed by atoms with E-state index in [1.165, 1.54) is 0 Å². The van der Waals surface area contributed by atoms with Crippen molar-refractivity contribution in [2.75, 3.05) is 26.2 Å². The van der Waals surface area contributed by atoms with E-state index in [9.17, 15) is 9.59 Å². The standard InChI is InChI=1S/C11H20N2O2/c1-3-5-11(15)9-13-7-6-12-8-10(14)4-2/h3,12-13H,1,4-9H2,2H3. The van der Waals surface area contributed by atoms with Crippen LogP contribution < -0.4 is 10.6 Å². The largest absolute Gasteiger partial charge is 0.309 e. The molecule has 0 bridgehead atoms. The maximum absolute atomic E-state index is 11.0. The van der Waals surface area contributed by atoms with Gasteiger partial charge >= 0.3 is 0 Å². The van der Waals surface area contributed by atoms with Crippen LogP contribution in [0.3, 0.4) is 0 Å². The summed E-state index contributed by atoms with van der Waals surface area (Å²) in [6.07, 6.45) is 2.58. The normalized spacial score (nSPS) is 9.93. The van der Waals surface area contributed by atoms with Gasteiger partial charge in [0.25, 0.3) is 0 Å². The van der Waals surface area contributed by atoms with Crippen molar-refractivity contribution < 1.29 is 9.59 Å². The number of nitrogens with one attached hydrogen (secondary N) is 2. The number of hydrogen-bond acceptors (Lipinski definition) is 4. The van der Waals surface area contributed by atoms with E-state index in [-0.39, 0.29) is 11.6 Å². The molecular formula is C11H20N2O2. The van der Waals surface area contributed by atoms with Crippen LogP contribution in [0.25, 0.3) is 0 Å². The van der Waals surface area contributed by atoms with Gasteiger partial charge < -0.3 is 10.6 Å². The Labute approximate surface area is 91.1 Å². The molecule has 0 saturated heterocycles. The lowest BCUT2D eigenvalue weighted by Gasteiger charge is -2.04. The Morgan fingerprint density at radius 3 is 2.13 bits per heavy atom. The van der Waals surface area contributed by atoms with Crippen molar-refractivity contribution in [2.45, 2.75) is 19.8 Å². The van der Waals surface area contributed by atoms with Gasteiger partial charge in [-0.25, -0.2) is 0 Å². The van der Waals surface area contributed by atoms with Crippen molar-refractivity contribution in [3.05, 3.63) is 12.7 Å². The zero-order valence-corrected chi connectivity index (χ0v) is 9.34. The second-order valence-corrected chi connectivity index (χ2v) is 3.28. The van der Waals surface area contributed by atoms with Crippen molar-refractivity contribution in [3.63, 3.8) is 0 Å². The highest BCUT2D eigenvalue weighted by Gasteiger charge is 1.98. The highest BCUT2D eigenvalue weighted by atomic mass is 16.1. The third-order valence-corrected chi connectivity index (χ3v) is 1.89. The predicted molar refractivity (Wildman–Crippen MR) is 60.9 cm³/mol. The van der Waals surface area contributed by atoms with Crippen LogP contribution in [-0.2, 0) is 9.59 Å². The molecule has 86 valence electrons. The molecule has 0 amide bonds. The molecular weight excluding hydrogens is 192 g/mol. The number of carbonyl (C=O) groups is 2. The Balaban J connectivity index is 3.21. The predicted octanol–water partition coefficient (Wildman–Crippen LogP) is 0.290. The van der Waals surface area contributed by atoms with Gasteiger partial charge in [-0.1, -0.05) is 13.0 Å². The lowest BCUT2D eigenvalue weighted by molar-refractivity contribution is -0.118. The fraction of sp³-hybridized carbons (Fsp3) is 0.636. The van der Waals surface area contributed by atoms with Gasteiger partial charge in [0, 0.05) is 25.9 Å². The van der Waals surface area contributed by atoms with Gasteiger partial charge in [-0.2, -0.15) is 0 Å². The average Bonchev–Trinajstić information content (AvgIpc) is 2.23. The average molecular weight is 212 g/mol. The molecule has 0 fully saturated rings. The molecule has 0 spiro atoms. The Bertz CT molecular complexity index is 215. The molecule has 15 heavy (non-hydrogen) atoms.